The number of thiocarbonyl (C=S) groups is 1. The van der Waals surface area contributed by atoms with Crippen LogP contribution in [-0.2, 0) is 9.53 Å². The first-order valence-corrected chi connectivity index (χ1v) is 7.05. The maximum atomic E-state index is 11.9. The van der Waals surface area contributed by atoms with E-state index in [2.05, 4.69) is 24.1 Å². The third-order valence-corrected chi connectivity index (χ3v) is 2.69. The molecule has 1 amide bonds. The summed E-state index contributed by atoms with van der Waals surface area (Å²) in [4.78, 5) is 14.5. The van der Waals surface area contributed by atoms with Crippen LogP contribution in [0.3, 0.4) is 0 Å². The van der Waals surface area contributed by atoms with Crippen molar-refractivity contribution in [1.82, 2.24) is 10.2 Å². The molecule has 0 aromatic rings. The summed E-state index contributed by atoms with van der Waals surface area (Å²) in [5, 5.41) is 2.90. The highest BCUT2D eigenvalue weighted by molar-refractivity contribution is 7.80. The van der Waals surface area contributed by atoms with Gasteiger partial charge in [-0.05, 0) is 12.8 Å². The molecular formula is C13H27N3O2S. The number of methoxy groups -OCH3 is 1. The molecule has 0 aliphatic carbocycles. The molecule has 0 saturated carbocycles. The molecule has 0 aliphatic rings. The van der Waals surface area contributed by atoms with Crippen LogP contribution in [-0.4, -0.2) is 55.2 Å². The predicted octanol–water partition coefficient (Wildman–Crippen LogP) is 0.772. The molecule has 1 unspecified atom stereocenters. The minimum absolute atomic E-state index is 0.00754. The first-order chi connectivity index (χ1) is 8.85. The van der Waals surface area contributed by atoms with Crippen molar-refractivity contribution in [3.8, 4) is 0 Å². The van der Waals surface area contributed by atoms with Crippen LogP contribution in [0.25, 0.3) is 0 Å². The van der Waals surface area contributed by atoms with Crippen LogP contribution in [0.1, 0.15) is 27.2 Å². The Morgan fingerprint density at radius 2 is 2.05 bits per heavy atom. The van der Waals surface area contributed by atoms with Gasteiger partial charge in [0.25, 0.3) is 0 Å². The fourth-order valence-electron chi connectivity index (χ4n) is 1.83. The van der Waals surface area contributed by atoms with Gasteiger partial charge in [0, 0.05) is 32.7 Å². The maximum Gasteiger partial charge on any atom is 0.234 e. The molecule has 0 fully saturated rings. The number of nitrogens with two attached hydrogens (primary N) is 1. The smallest absolute Gasteiger partial charge is 0.234 e. The highest BCUT2D eigenvalue weighted by Gasteiger charge is 2.14. The van der Waals surface area contributed by atoms with Gasteiger partial charge in [0.15, 0.2) is 0 Å². The van der Waals surface area contributed by atoms with Crippen LogP contribution in [0, 0.1) is 5.92 Å². The van der Waals surface area contributed by atoms with Crippen LogP contribution >= 0.6 is 12.2 Å². The normalized spacial score (nSPS) is 12.7. The van der Waals surface area contributed by atoms with Crippen LogP contribution in [0.5, 0.6) is 0 Å². The summed E-state index contributed by atoms with van der Waals surface area (Å²) in [6, 6.07) is 0.0222. The van der Waals surface area contributed by atoms with Crippen molar-refractivity contribution in [3.63, 3.8) is 0 Å². The average molecular weight is 289 g/mol. The summed E-state index contributed by atoms with van der Waals surface area (Å²) in [6.07, 6.45) is 0.642. The average Bonchev–Trinajstić information content (AvgIpc) is 2.25. The number of nitrogens with zero attached hydrogens (tertiary/aromatic N) is 1. The van der Waals surface area contributed by atoms with Crippen molar-refractivity contribution in [3.05, 3.63) is 0 Å². The Hall–Kier alpha value is -0.720. The second-order valence-electron chi connectivity index (χ2n) is 5.27. The fraction of sp³-hybridized carbons (Fsp3) is 0.846. The van der Waals surface area contributed by atoms with Gasteiger partial charge in [-0.1, -0.05) is 26.1 Å². The van der Waals surface area contributed by atoms with Crippen molar-refractivity contribution in [2.45, 2.75) is 33.2 Å². The minimum atomic E-state index is 0.00754. The Morgan fingerprint density at radius 1 is 1.42 bits per heavy atom. The summed E-state index contributed by atoms with van der Waals surface area (Å²) in [7, 11) is 1.62. The van der Waals surface area contributed by atoms with Gasteiger partial charge in [-0.3, -0.25) is 9.69 Å². The summed E-state index contributed by atoms with van der Waals surface area (Å²) in [5.74, 6) is 0.503. The molecule has 0 aromatic carbocycles. The van der Waals surface area contributed by atoms with E-state index in [0.29, 0.717) is 30.5 Å². The van der Waals surface area contributed by atoms with Gasteiger partial charge in [0.1, 0.15) is 0 Å². The van der Waals surface area contributed by atoms with Gasteiger partial charge in [0.05, 0.1) is 18.1 Å². The second-order valence-corrected chi connectivity index (χ2v) is 5.79. The number of hydrogen-bond acceptors (Lipinski definition) is 4. The van der Waals surface area contributed by atoms with Gasteiger partial charge >= 0.3 is 0 Å². The van der Waals surface area contributed by atoms with Gasteiger partial charge in [-0.2, -0.15) is 0 Å². The predicted molar refractivity (Wildman–Crippen MR) is 82.2 cm³/mol. The number of ether oxygens (including phenoxy) is 1. The third kappa shape index (κ3) is 10.9. The molecule has 0 heterocycles. The lowest BCUT2D eigenvalue weighted by atomic mass is 10.2. The van der Waals surface area contributed by atoms with E-state index in [4.69, 9.17) is 22.7 Å². The maximum absolute atomic E-state index is 11.9. The molecule has 112 valence electrons. The van der Waals surface area contributed by atoms with Gasteiger partial charge < -0.3 is 15.8 Å². The molecule has 0 aliphatic heterocycles. The minimum Gasteiger partial charge on any atom is -0.393 e. The van der Waals surface area contributed by atoms with Crippen molar-refractivity contribution >= 4 is 23.1 Å². The van der Waals surface area contributed by atoms with Crippen molar-refractivity contribution in [1.29, 1.82) is 0 Å². The molecule has 0 spiro atoms. The van der Waals surface area contributed by atoms with Gasteiger partial charge in [-0.15, -0.1) is 0 Å². The number of carbonyl (C=O) groups excluding carboxylic acids is 1. The van der Waals surface area contributed by atoms with E-state index < -0.39 is 0 Å². The highest BCUT2D eigenvalue weighted by Crippen LogP contribution is 2.00. The second kappa shape index (κ2) is 10.1. The molecule has 6 heteroatoms. The SMILES string of the molecule is COCC(C)NC(=O)CN(CCC(N)=S)CC(C)C. The summed E-state index contributed by atoms with van der Waals surface area (Å²) in [6.45, 7) is 8.63. The third-order valence-electron chi connectivity index (χ3n) is 2.49. The van der Waals surface area contributed by atoms with E-state index in [9.17, 15) is 4.79 Å². The van der Waals surface area contributed by atoms with Crippen LogP contribution in [0.4, 0.5) is 0 Å². The number of rotatable bonds is 10. The lowest BCUT2D eigenvalue weighted by molar-refractivity contribution is -0.123. The summed E-state index contributed by atoms with van der Waals surface area (Å²) < 4.78 is 4.99. The first-order valence-electron chi connectivity index (χ1n) is 6.64. The van der Waals surface area contributed by atoms with E-state index in [0.717, 1.165) is 13.1 Å². The zero-order chi connectivity index (χ0) is 14.8. The molecule has 1 atom stereocenters. The Kier molecular flexibility index (Phi) is 9.73. The number of nitrogens with one attached hydrogen (secondary N) is 1. The zero-order valence-electron chi connectivity index (χ0n) is 12.4. The van der Waals surface area contributed by atoms with Crippen molar-refractivity contribution in [2.24, 2.45) is 11.7 Å². The Balaban J connectivity index is 4.21. The van der Waals surface area contributed by atoms with Gasteiger partial charge in [-0.25, -0.2) is 0 Å². The zero-order valence-corrected chi connectivity index (χ0v) is 13.3. The topological polar surface area (TPSA) is 67.6 Å². The molecule has 19 heavy (non-hydrogen) atoms. The first kappa shape index (κ1) is 18.3. The molecule has 0 aromatic heterocycles. The summed E-state index contributed by atoms with van der Waals surface area (Å²) >= 11 is 4.88. The Labute approximate surface area is 121 Å². The van der Waals surface area contributed by atoms with Crippen LogP contribution < -0.4 is 11.1 Å². The van der Waals surface area contributed by atoms with Crippen molar-refractivity contribution in [2.75, 3.05) is 33.4 Å². The van der Waals surface area contributed by atoms with Crippen LogP contribution in [0.15, 0.2) is 0 Å². The number of amides is 1. The molecule has 3 N–H and O–H groups in total. The molecule has 0 radical (unpaired) electrons. The highest BCUT2D eigenvalue weighted by atomic mass is 32.1. The number of hydrogen-bond donors (Lipinski definition) is 2. The van der Waals surface area contributed by atoms with E-state index in [1.807, 2.05) is 6.92 Å². The Bertz CT molecular complexity index is 285. The van der Waals surface area contributed by atoms with E-state index in [1.165, 1.54) is 0 Å². The van der Waals surface area contributed by atoms with Crippen LogP contribution in [0.2, 0.25) is 0 Å². The van der Waals surface area contributed by atoms with E-state index in [1.54, 1.807) is 7.11 Å². The fourth-order valence-corrected chi connectivity index (χ4v) is 1.93. The van der Waals surface area contributed by atoms with Crippen molar-refractivity contribution < 1.29 is 9.53 Å². The molecule has 0 rings (SSSR count). The standard InChI is InChI=1S/C13H27N3O2S/c1-10(2)7-16(6-5-12(14)19)8-13(17)15-11(3)9-18-4/h10-11H,5-9H2,1-4H3,(H2,14,19)(H,15,17). The molecular weight excluding hydrogens is 262 g/mol. The largest absolute Gasteiger partial charge is 0.393 e. The Morgan fingerprint density at radius 3 is 2.53 bits per heavy atom. The van der Waals surface area contributed by atoms with E-state index >= 15 is 0 Å². The molecule has 0 saturated heterocycles. The summed E-state index contributed by atoms with van der Waals surface area (Å²) in [5.41, 5.74) is 5.51. The number of carbonyl (C=O) groups is 1. The molecule has 5 nitrogen and oxygen atoms in total. The van der Waals surface area contributed by atoms with E-state index in [-0.39, 0.29) is 11.9 Å². The quantitative estimate of drug-likeness (QED) is 0.582. The lowest BCUT2D eigenvalue weighted by Crippen LogP contribution is -2.44. The monoisotopic (exact) mass is 289 g/mol. The molecule has 0 bridgehead atoms. The lowest BCUT2D eigenvalue weighted by Gasteiger charge is -2.24. The van der Waals surface area contributed by atoms with Gasteiger partial charge in [0.2, 0.25) is 5.91 Å².